The molecule has 0 spiro atoms. The lowest BCUT2D eigenvalue weighted by Gasteiger charge is -2.14. The second-order valence-electron chi connectivity index (χ2n) is 7.43. The first-order valence-corrected chi connectivity index (χ1v) is 9.67. The van der Waals surface area contributed by atoms with Crippen LogP contribution in [0.5, 0.6) is 0 Å². The van der Waals surface area contributed by atoms with Crippen molar-refractivity contribution in [1.29, 1.82) is 0 Å². The molecule has 6 nitrogen and oxygen atoms in total. The third-order valence-corrected chi connectivity index (χ3v) is 5.06. The number of nitrogens with zero attached hydrogens (tertiary/aromatic N) is 3. The monoisotopic (exact) mass is 423 g/mol. The smallest absolute Gasteiger partial charge is 0.351 e. The Bertz CT molecular complexity index is 1320. The number of aromatic nitrogens is 3. The van der Waals surface area contributed by atoms with E-state index in [2.05, 4.69) is 25.6 Å². The van der Waals surface area contributed by atoms with Crippen LogP contribution in [0, 0.1) is 0 Å². The summed E-state index contributed by atoms with van der Waals surface area (Å²) in [5.74, 6) is 0.721. The van der Waals surface area contributed by atoms with Crippen LogP contribution in [0.2, 0.25) is 0 Å². The number of alkyl halides is 3. The Hall–Kier alpha value is -3.75. The first-order chi connectivity index (χ1) is 14.9. The first-order valence-electron chi connectivity index (χ1n) is 9.67. The summed E-state index contributed by atoms with van der Waals surface area (Å²) >= 11 is 0. The number of pyridine rings is 1. The van der Waals surface area contributed by atoms with E-state index in [0.717, 1.165) is 30.4 Å². The fourth-order valence-corrected chi connectivity index (χ4v) is 3.35. The summed E-state index contributed by atoms with van der Waals surface area (Å²) in [5.41, 5.74) is 0.888. The molecule has 0 atom stereocenters. The van der Waals surface area contributed by atoms with Gasteiger partial charge in [-0.05, 0) is 37.1 Å². The number of hydrogen-bond acceptors (Lipinski definition) is 6. The number of carbonyl (C=O) groups excluding carboxylic acids is 1. The van der Waals surface area contributed by atoms with Gasteiger partial charge in [0.15, 0.2) is 5.82 Å². The van der Waals surface area contributed by atoms with Gasteiger partial charge in [0.2, 0.25) is 5.95 Å². The Balaban J connectivity index is 1.67. The van der Waals surface area contributed by atoms with Gasteiger partial charge in [-0.3, -0.25) is 4.79 Å². The number of hydrogen-bond donors (Lipinski definition) is 2. The maximum Gasteiger partial charge on any atom is 0.416 e. The van der Waals surface area contributed by atoms with Crippen LogP contribution in [-0.2, 0) is 6.18 Å². The quantitative estimate of drug-likeness (QED) is 0.334. The van der Waals surface area contributed by atoms with Crippen LogP contribution in [0.1, 0.15) is 28.8 Å². The Morgan fingerprint density at radius 2 is 1.87 bits per heavy atom. The second kappa shape index (κ2) is 7.19. The van der Waals surface area contributed by atoms with Crippen molar-refractivity contribution in [2.24, 2.45) is 0 Å². The minimum Gasteiger partial charge on any atom is -0.351 e. The first kappa shape index (κ1) is 19.2. The molecule has 0 unspecified atom stereocenters. The predicted octanol–water partition coefficient (Wildman–Crippen LogP) is 5.33. The molecular formula is C22H16F3N5O. The predicted molar refractivity (Wildman–Crippen MR) is 112 cm³/mol. The number of anilines is 3. The van der Waals surface area contributed by atoms with Crippen LogP contribution < -0.4 is 10.6 Å². The highest BCUT2D eigenvalue weighted by molar-refractivity contribution is 6.09. The van der Waals surface area contributed by atoms with E-state index in [-0.39, 0.29) is 11.5 Å². The maximum atomic E-state index is 13.1. The largest absolute Gasteiger partial charge is 0.416 e. The van der Waals surface area contributed by atoms with E-state index >= 15 is 0 Å². The summed E-state index contributed by atoms with van der Waals surface area (Å²) in [6.45, 7) is 0. The number of nitrogens with one attached hydrogen (secondary N) is 2. The minimum absolute atomic E-state index is 0.227. The van der Waals surface area contributed by atoms with Gasteiger partial charge in [0.05, 0.1) is 11.1 Å². The summed E-state index contributed by atoms with van der Waals surface area (Å²) < 4.78 is 39.4. The Kier molecular flexibility index (Phi) is 4.46. The summed E-state index contributed by atoms with van der Waals surface area (Å²) in [6.07, 6.45) is 0.000652. The minimum atomic E-state index is -4.46. The van der Waals surface area contributed by atoms with Gasteiger partial charge in [0.25, 0.3) is 0 Å². The Morgan fingerprint density at radius 3 is 2.61 bits per heavy atom. The molecule has 2 aromatic carbocycles. The van der Waals surface area contributed by atoms with Crippen molar-refractivity contribution in [2.45, 2.75) is 25.1 Å². The maximum absolute atomic E-state index is 13.1. The molecule has 5 rings (SSSR count). The highest BCUT2D eigenvalue weighted by Crippen LogP contribution is 2.34. The zero-order chi connectivity index (χ0) is 21.6. The Morgan fingerprint density at radius 1 is 1.03 bits per heavy atom. The molecule has 156 valence electrons. The van der Waals surface area contributed by atoms with Crippen molar-refractivity contribution in [3.63, 3.8) is 0 Å². The van der Waals surface area contributed by atoms with Crippen LogP contribution in [0.25, 0.3) is 21.8 Å². The molecule has 31 heavy (non-hydrogen) atoms. The molecule has 4 aromatic rings. The average molecular weight is 423 g/mol. The number of halogens is 3. The van der Waals surface area contributed by atoms with Crippen LogP contribution in [0.15, 0.2) is 48.7 Å². The molecule has 1 aliphatic rings. The SMILES string of the molecule is O=Cc1ccc2c(c1)nc(Nc1cccc(C(F)(F)F)c1)c1nc(NC3CC3)ncc12. The molecule has 1 saturated carbocycles. The van der Waals surface area contributed by atoms with E-state index < -0.39 is 11.7 Å². The van der Waals surface area contributed by atoms with E-state index in [1.807, 2.05) is 0 Å². The molecule has 1 fully saturated rings. The van der Waals surface area contributed by atoms with E-state index in [4.69, 9.17) is 0 Å². The molecule has 0 radical (unpaired) electrons. The fraction of sp³-hybridized carbons (Fsp3) is 0.182. The molecule has 2 aromatic heterocycles. The van der Waals surface area contributed by atoms with E-state index in [1.165, 1.54) is 12.1 Å². The summed E-state index contributed by atoms with van der Waals surface area (Å²) in [5, 5.41) is 7.61. The second-order valence-corrected chi connectivity index (χ2v) is 7.43. The molecular weight excluding hydrogens is 407 g/mol. The van der Waals surface area contributed by atoms with Crippen LogP contribution in [0.4, 0.5) is 30.6 Å². The number of carbonyl (C=O) groups is 1. The zero-order valence-corrected chi connectivity index (χ0v) is 16.1. The van der Waals surface area contributed by atoms with Crippen LogP contribution in [-0.4, -0.2) is 27.3 Å². The van der Waals surface area contributed by atoms with Gasteiger partial charge in [0, 0.05) is 34.3 Å². The van der Waals surface area contributed by atoms with Crippen molar-refractivity contribution in [1.82, 2.24) is 15.0 Å². The zero-order valence-electron chi connectivity index (χ0n) is 16.1. The molecule has 0 aliphatic heterocycles. The van der Waals surface area contributed by atoms with E-state index in [9.17, 15) is 18.0 Å². The summed E-state index contributed by atoms with van der Waals surface area (Å²) in [6, 6.07) is 10.3. The van der Waals surface area contributed by atoms with Gasteiger partial charge >= 0.3 is 6.18 Å². The van der Waals surface area contributed by atoms with Crippen molar-refractivity contribution in [2.75, 3.05) is 10.6 Å². The van der Waals surface area contributed by atoms with Gasteiger partial charge < -0.3 is 10.6 Å². The van der Waals surface area contributed by atoms with Gasteiger partial charge in [-0.15, -0.1) is 0 Å². The average Bonchev–Trinajstić information content (AvgIpc) is 3.57. The van der Waals surface area contributed by atoms with Crippen molar-refractivity contribution in [3.05, 3.63) is 59.8 Å². The van der Waals surface area contributed by atoms with Crippen molar-refractivity contribution in [3.8, 4) is 0 Å². The molecule has 2 heterocycles. The van der Waals surface area contributed by atoms with Gasteiger partial charge in [-0.25, -0.2) is 15.0 Å². The third kappa shape index (κ3) is 3.86. The van der Waals surface area contributed by atoms with E-state index in [0.29, 0.717) is 40.3 Å². The topological polar surface area (TPSA) is 79.8 Å². The van der Waals surface area contributed by atoms with Gasteiger partial charge in [-0.2, -0.15) is 13.2 Å². The number of aldehydes is 1. The summed E-state index contributed by atoms with van der Waals surface area (Å²) in [7, 11) is 0. The lowest BCUT2D eigenvalue weighted by molar-refractivity contribution is -0.137. The lowest BCUT2D eigenvalue weighted by atomic mass is 10.1. The highest BCUT2D eigenvalue weighted by Gasteiger charge is 2.30. The lowest BCUT2D eigenvalue weighted by Crippen LogP contribution is -2.07. The molecule has 0 amide bonds. The fourth-order valence-electron chi connectivity index (χ4n) is 3.35. The van der Waals surface area contributed by atoms with Crippen LogP contribution in [0.3, 0.4) is 0 Å². The number of rotatable bonds is 5. The third-order valence-electron chi connectivity index (χ3n) is 5.06. The van der Waals surface area contributed by atoms with Crippen molar-refractivity contribution < 1.29 is 18.0 Å². The van der Waals surface area contributed by atoms with Gasteiger partial charge in [-0.1, -0.05) is 18.2 Å². The molecule has 9 heteroatoms. The van der Waals surface area contributed by atoms with Crippen LogP contribution >= 0.6 is 0 Å². The standard InChI is InChI=1S/C22H16F3N5O/c23-22(24,25)13-2-1-3-15(9-13)27-20-19-17(10-26-21(30-19)28-14-5-6-14)16-7-4-12(11-31)8-18(16)29-20/h1-4,7-11,14H,5-6H2,(H,27,29)(H,26,28,30). The van der Waals surface area contributed by atoms with E-state index in [1.54, 1.807) is 24.4 Å². The molecule has 2 N–H and O–H groups in total. The molecule has 0 saturated heterocycles. The van der Waals surface area contributed by atoms with Gasteiger partial charge in [0.1, 0.15) is 11.8 Å². The highest BCUT2D eigenvalue weighted by atomic mass is 19.4. The number of fused-ring (bicyclic) bond motifs is 3. The molecule has 0 bridgehead atoms. The summed E-state index contributed by atoms with van der Waals surface area (Å²) in [4.78, 5) is 24.7. The number of benzene rings is 2. The Labute approximate surface area is 174 Å². The normalized spacial score (nSPS) is 14.0. The van der Waals surface area contributed by atoms with Crippen molar-refractivity contribution >= 4 is 45.5 Å². The molecule has 1 aliphatic carbocycles.